The SMILES string of the molecule is Cc1ccc(F)c(CNCc2cccs2)c1. The van der Waals surface area contributed by atoms with Crippen LogP contribution in [-0.2, 0) is 13.1 Å². The fraction of sp³-hybridized carbons (Fsp3) is 0.231. The van der Waals surface area contributed by atoms with Gasteiger partial charge in [0.25, 0.3) is 0 Å². The summed E-state index contributed by atoms with van der Waals surface area (Å²) >= 11 is 1.71. The average molecular weight is 235 g/mol. The minimum absolute atomic E-state index is 0.135. The van der Waals surface area contributed by atoms with Crippen molar-refractivity contribution in [2.75, 3.05) is 0 Å². The van der Waals surface area contributed by atoms with Crippen LogP contribution in [0.3, 0.4) is 0 Å². The molecule has 0 aliphatic rings. The molecule has 1 nitrogen and oxygen atoms in total. The molecule has 2 rings (SSSR count). The van der Waals surface area contributed by atoms with Crippen molar-refractivity contribution >= 4 is 11.3 Å². The molecule has 0 bridgehead atoms. The van der Waals surface area contributed by atoms with Gasteiger partial charge in [0.05, 0.1) is 0 Å². The Hall–Kier alpha value is -1.19. The molecule has 1 N–H and O–H groups in total. The third-order valence-electron chi connectivity index (χ3n) is 2.40. The summed E-state index contributed by atoms with van der Waals surface area (Å²) in [5, 5.41) is 5.29. The van der Waals surface area contributed by atoms with Crippen molar-refractivity contribution < 1.29 is 4.39 Å². The Morgan fingerprint density at radius 3 is 2.88 bits per heavy atom. The number of thiophene rings is 1. The third kappa shape index (κ3) is 2.90. The first-order chi connectivity index (χ1) is 7.75. The summed E-state index contributed by atoms with van der Waals surface area (Å²) in [5.41, 5.74) is 1.82. The van der Waals surface area contributed by atoms with Crippen LogP contribution in [0, 0.1) is 12.7 Å². The van der Waals surface area contributed by atoms with Gasteiger partial charge in [-0.05, 0) is 24.4 Å². The van der Waals surface area contributed by atoms with E-state index in [1.54, 1.807) is 17.4 Å². The van der Waals surface area contributed by atoms with Crippen LogP contribution < -0.4 is 5.32 Å². The molecule has 1 aromatic carbocycles. The van der Waals surface area contributed by atoms with E-state index in [4.69, 9.17) is 0 Å². The van der Waals surface area contributed by atoms with Crippen LogP contribution in [0.25, 0.3) is 0 Å². The Labute approximate surface area is 98.9 Å². The highest BCUT2D eigenvalue weighted by atomic mass is 32.1. The lowest BCUT2D eigenvalue weighted by atomic mass is 10.1. The van der Waals surface area contributed by atoms with Crippen molar-refractivity contribution in [1.29, 1.82) is 0 Å². The Bertz CT molecular complexity index is 451. The van der Waals surface area contributed by atoms with Crippen LogP contribution >= 0.6 is 11.3 Å². The van der Waals surface area contributed by atoms with E-state index in [0.717, 1.165) is 17.7 Å². The highest BCUT2D eigenvalue weighted by Crippen LogP contribution is 2.11. The first-order valence-electron chi connectivity index (χ1n) is 5.24. The number of hydrogen-bond acceptors (Lipinski definition) is 2. The predicted molar refractivity (Wildman–Crippen MR) is 66.0 cm³/mol. The number of hydrogen-bond donors (Lipinski definition) is 1. The van der Waals surface area contributed by atoms with E-state index in [9.17, 15) is 4.39 Å². The lowest BCUT2D eigenvalue weighted by Gasteiger charge is -2.05. The number of halogens is 1. The maximum Gasteiger partial charge on any atom is 0.127 e. The number of aryl methyl sites for hydroxylation is 1. The van der Waals surface area contributed by atoms with E-state index in [1.165, 1.54) is 10.9 Å². The summed E-state index contributed by atoms with van der Waals surface area (Å²) in [4.78, 5) is 1.27. The molecule has 16 heavy (non-hydrogen) atoms. The van der Waals surface area contributed by atoms with Crippen LogP contribution in [0.1, 0.15) is 16.0 Å². The second kappa shape index (κ2) is 5.23. The second-order valence-corrected chi connectivity index (χ2v) is 4.81. The topological polar surface area (TPSA) is 12.0 Å². The van der Waals surface area contributed by atoms with Gasteiger partial charge in [0.15, 0.2) is 0 Å². The fourth-order valence-corrected chi connectivity index (χ4v) is 2.25. The smallest absolute Gasteiger partial charge is 0.127 e. The highest BCUT2D eigenvalue weighted by molar-refractivity contribution is 7.09. The zero-order valence-corrected chi connectivity index (χ0v) is 9.98. The molecule has 0 saturated carbocycles. The summed E-state index contributed by atoms with van der Waals surface area (Å²) in [7, 11) is 0. The van der Waals surface area contributed by atoms with Gasteiger partial charge in [0.1, 0.15) is 5.82 Å². The fourth-order valence-electron chi connectivity index (χ4n) is 1.57. The normalized spacial score (nSPS) is 10.6. The Morgan fingerprint density at radius 2 is 2.12 bits per heavy atom. The summed E-state index contributed by atoms with van der Waals surface area (Å²) in [6.07, 6.45) is 0. The summed E-state index contributed by atoms with van der Waals surface area (Å²) < 4.78 is 13.4. The highest BCUT2D eigenvalue weighted by Gasteiger charge is 2.01. The summed E-state index contributed by atoms with van der Waals surface area (Å²) in [6, 6.07) is 9.30. The van der Waals surface area contributed by atoms with Gasteiger partial charge in [0.2, 0.25) is 0 Å². The van der Waals surface area contributed by atoms with Gasteiger partial charge in [-0.25, -0.2) is 4.39 Å². The van der Waals surface area contributed by atoms with Crippen molar-refractivity contribution in [1.82, 2.24) is 5.32 Å². The molecule has 1 heterocycles. The molecular formula is C13H14FNS. The first-order valence-corrected chi connectivity index (χ1v) is 6.12. The van der Waals surface area contributed by atoms with E-state index in [-0.39, 0.29) is 5.82 Å². The molecule has 0 amide bonds. The molecule has 0 aliphatic heterocycles. The quantitative estimate of drug-likeness (QED) is 0.855. The number of rotatable bonds is 4. The van der Waals surface area contributed by atoms with Gasteiger partial charge in [-0.3, -0.25) is 0 Å². The largest absolute Gasteiger partial charge is 0.308 e. The maximum atomic E-state index is 13.4. The first kappa shape index (κ1) is 11.3. The van der Waals surface area contributed by atoms with E-state index in [2.05, 4.69) is 11.4 Å². The number of nitrogens with one attached hydrogen (secondary N) is 1. The standard InChI is InChI=1S/C13H14FNS/c1-10-4-5-13(14)11(7-10)8-15-9-12-3-2-6-16-12/h2-7,15H,8-9H2,1H3. The van der Waals surface area contributed by atoms with Gasteiger partial charge in [-0.1, -0.05) is 23.8 Å². The van der Waals surface area contributed by atoms with Crippen LogP contribution in [0.2, 0.25) is 0 Å². The van der Waals surface area contributed by atoms with E-state index >= 15 is 0 Å². The minimum atomic E-state index is -0.135. The lowest BCUT2D eigenvalue weighted by Crippen LogP contribution is -2.13. The Kier molecular flexibility index (Phi) is 3.70. The van der Waals surface area contributed by atoms with Crippen molar-refractivity contribution in [3.63, 3.8) is 0 Å². The van der Waals surface area contributed by atoms with Crippen LogP contribution in [-0.4, -0.2) is 0 Å². The van der Waals surface area contributed by atoms with Gasteiger partial charge in [0, 0.05) is 23.5 Å². The maximum absolute atomic E-state index is 13.4. The van der Waals surface area contributed by atoms with Gasteiger partial charge >= 0.3 is 0 Å². The average Bonchev–Trinajstić information content (AvgIpc) is 2.76. The van der Waals surface area contributed by atoms with E-state index in [0.29, 0.717) is 6.54 Å². The Balaban J connectivity index is 1.92. The van der Waals surface area contributed by atoms with Crippen LogP contribution in [0.4, 0.5) is 4.39 Å². The molecule has 2 aromatic rings. The van der Waals surface area contributed by atoms with E-state index in [1.807, 2.05) is 24.4 Å². The zero-order valence-electron chi connectivity index (χ0n) is 9.16. The molecule has 3 heteroatoms. The van der Waals surface area contributed by atoms with Crippen molar-refractivity contribution in [3.8, 4) is 0 Å². The Morgan fingerprint density at radius 1 is 1.25 bits per heavy atom. The van der Waals surface area contributed by atoms with Gasteiger partial charge < -0.3 is 5.32 Å². The second-order valence-electron chi connectivity index (χ2n) is 3.78. The van der Waals surface area contributed by atoms with Gasteiger partial charge in [-0.15, -0.1) is 11.3 Å². The molecule has 1 aromatic heterocycles. The molecule has 0 spiro atoms. The summed E-state index contributed by atoms with van der Waals surface area (Å²) in [6.45, 7) is 3.35. The van der Waals surface area contributed by atoms with E-state index < -0.39 is 0 Å². The molecule has 0 saturated heterocycles. The summed E-state index contributed by atoms with van der Waals surface area (Å²) in [5.74, 6) is -0.135. The van der Waals surface area contributed by atoms with Crippen molar-refractivity contribution in [2.24, 2.45) is 0 Å². The number of benzene rings is 1. The minimum Gasteiger partial charge on any atom is -0.308 e. The molecule has 0 unspecified atom stereocenters. The molecule has 0 aliphatic carbocycles. The molecule has 0 radical (unpaired) electrons. The van der Waals surface area contributed by atoms with Crippen molar-refractivity contribution in [2.45, 2.75) is 20.0 Å². The van der Waals surface area contributed by atoms with Crippen molar-refractivity contribution in [3.05, 3.63) is 57.5 Å². The van der Waals surface area contributed by atoms with Crippen LogP contribution in [0.15, 0.2) is 35.7 Å². The monoisotopic (exact) mass is 235 g/mol. The van der Waals surface area contributed by atoms with Crippen LogP contribution in [0.5, 0.6) is 0 Å². The third-order valence-corrected chi connectivity index (χ3v) is 3.27. The lowest BCUT2D eigenvalue weighted by molar-refractivity contribution is 0.588. The zero-order chi connectivity index (χ0) is 11.4. The molecule has 0 fully saturated rings. The molecular weight excluding hydrogens is 221 g/mol. The van der Waals surface area contributed by atoms with Gasteiger partial charge in [-0.2, -0.15) is 0 Å². The molecule has 0 atom stereocenters. The molecule has 84 valence electrons. The predicted octanol–water partition coefficient (Wildman–Crippen LogP) is 3.49.